The third kappa shape index (κ3) is 4.29. The smallest absolute Gasteiger partial charge is 0.307 e. The van der Waals surface area contributed by atoms with E-state index >= 15 is 0 Å². The molecule has 0 saturated carbocycles. The van der Waals surface area contributed by atoms with Crippen LogP contribution in [0.4, 0.5) is 4.39 Å². The largest absolute Gasteiger partial charge is 0.497 e. The van der Waals surface area contributed by atoms with Crippen LogP contribution in [0.15, 0.2) is 42.5 Å². The lowest BCUT2D eigenvalue weighted by Crippen LogP contribution is -2.17. The maximum atomic E-state index is 14.2. The molecular formula is C18H20FNO3. The number of esters is 1. The van der Waals surface area contributed by atoms with Crippen LogP contribution >= 0.6 is 0 Å². The lowest BCUT2D eigenvalue weighted by atomic mass is 9.97. The second-order valence-corrected chi connectivity index (χ2v) is 5.09. The van der Waals surface area contributed by atoms with Gasteiger partial charge in [0.25, 0.3) is 0 Å². The molecule has 0 aliphatic carbocycles. The highest BCUT2D eigenvalue weighted by molar-refractivity contribution is 5.71. The first kappa shape index (κ1) is 17.0. The van der Waals surface area contributed by atoms with Crippen molar-refractivity contribution in [2.24, 2.45) is 5.73 Å². The Bertz CT molecular complexity index is 688. The molecule has 0 aromatic heterocycles. The van der Waals surface area contributed by atoms with Crippen molar-refractivity contribution >= 4 is 5.97 Å². The van der Waals surface area contributed by atoms with Gasteiger partial charge in [-0.25, -0.2) is 4.39 Å². The van der Waals surface area contributed by atoms with E-state index in [2.05, 4.69) is 0 Å². The molecule has 0 saturated heterocycles. The summed E-state index contributed by atoms with van der Waals surface area (Å²) in [6.45, 7) is 2.05. The summed E-state index contributed by atoms with van der Waals surface area (Å²) in [5.41, 5.74) is 7.81. The molecule has 2 N–H and O–H groups in total. The molecular weight excluding hydrogens is 297 g/mol. The first-order valence-corrected chi connectivity index (χ1v) is 7.40. The highest BCUT2D eigenvalue weighted by atomic mass is 19.1. The van der Waals surface area contributed by atoms with Gasteiger partial charge >= 0.3 is 5.97 Å². The van der Waals surface area contributed by atoms with Crippen molar-refractivity contribution in [3.63, 3.8) is 0 Å². The molecule has 0 spiro atoms. The van der Waals surface area contributed by atoms with E-state index in [1.54, 1.807) is 50.4 Å². The van der Waals surface area contributed by atoms with Crippen LogP contribution in [-0.2, 0) is 9.53 Å². The molecule has 0 amide bonds. The highest BCUT2D eigenvalue weighted by Gasteiger charge is 2.15. The molecule has 2 rings (SSSR count). The van der Waals surface area contributed by atoms with Crippen molar-refractivity contribution in [3.05, 3.63) is 53.8 Å². The van der Waals surface area contributed by atoms with E-state index in [0.717, 1.165) is 0 Å². The molecule has 0 aliphatic heterocycles. The summed E-state index contributed by atoms with van der Waals surface area (Å²) in [4.78, 5) is 11.5. The summed E-state index contributed by atoms with van der Waals surface area (Å²) in [5, 5.41) is 0. The van der Waals surface area contributed by atoms with Gasteiger partial charge in [-0.05, 0) is 42.3 Å². The second kappa shape index (κ2) is 7.74. The van der Waals surface area contributed by atoms with Gasteiger partial charge in [-0.15, -0.1) is 0 Å². The van der Waals surface area contributed by atoms with E-state index < -0.39 is 6.04 Å². The van der Waals surface area contributed by atoms with Crippen LogP contribution < -0.4 is 10.5 Å². The van der Waals surface area contributed by atoms with Crippen LogP contribution in [-0.4, -0.2) is 19.7 Å². The SMILES string of the molecule is CCOC(=O)C[C@H](N)c1ccc(F)c(-c2cccc(OC)c2)c1. The minimum absolute atomic E-state index is 0.0526. The molecule has 0 fully saturated rings. The number of halogens is 1. The second-order valence-electron chi connectivity index (χ2n) is 5.09. The Hall–Kier alpha value is -2.40. The molecule has 1 atom stereocenters. The predicted molar refractivity (Wildman–Crippen MR) is 86.6 cm³/mol. The van der Waals surface area contributed by atoms with Crippen molar-refractivity contribution < 1.29 is 18.7 Å². The van der Waals surface area contributed by atoms with Gasteiger partial charge in [-0.1, -0.05) is 18.2 Å². The van der Waals surface area contributed by atoms with Crippen LogP contribution in [0.2, 0.25) is 0 Å². The summed E-state index contributed by atoms with van der Waals surface area (Å²) >= 11 is 0. The van der Waals surface area contributed by atoms with E-state index in [1.165, 1.54) is 6.07 Å². The monoisotopic (exact) mass is 317 g/mol. The lowest BCUT2D eigenvalue weighted by Gasteiger charge is -2.14. The molecule has 2 aromatic rings. The molecule has 5 heteroatoms. The average Bonchev–Trinajstić information content (AvgIpc) is 2.55. The van der Waals surface area contributed by atoms with Crippen LogP contribution in [0.1, 0.15) is 24.9 Å². The fourth-order valence-corrected chi connectivity index (χ4v) is 2.30. The molecule has 4 nitrogen and oxygen atoms in total. The summed E-state index contributed by atoms with van der Waals surface area (Å²) < 4.78 is 24.2. The van der Waals surface area contributed by atoms with Crippen LogP contribution in [0.5, 0.6) is 5.75 Å². The molecule has 23 heavy (non-hydrogen) atoms. The van der Waals surface area contributed by atoms with Gasteiger partial charge in [0.15, 0.2) is 0 Å². The van der Waals surface area contributed by atoms with Gasteiger partial charge in [0, 0.05) is 11.6 Å². The first-order chi connectivity index (χ1) is 11.0. The Labute approximate surface area is 135 Å². The summed E-state index contributed by atoms with van der Waals surface area (Å²) in [6.07, 6.45) is 0.0526. The summed E-state index contributed by atoms with van der Waals surface area (Å²) in [7, 11) is 1.56. The van der Waals surface area contributed by atoms with Crippen LogP contribution in [0.3, 0.4) is 0 Å². The number of hydrogen-bond acceptors (Lipinski definition) is 4. The molecule has 0 unspecified atom stereocenters. The molecule has 0 radical (unpaired) electrons. The van der Waals surface area contributed by atoms with Gasteiger partial charge < -0.3 is 15.2 Å². The van der Waals surface area contributed by atoms with Gasteiger partial charge in [0.2, 0.25) is 0 Å². The number of ether oxygens (including phenoxy) is 2. The highest BCUT2D eigenvalue weighted by Crippen LogP contribution is 2.29. The Morgan fingerprint density at radius 3 is 2.74 bits per heavy atom. The van der Waals surface area contributed by atoms with Gasteiger partial charge in [0.05, 0.1) is 20.1 Å². The Kier molecular flexibility index (Phi) is 5.71. The standard InChI is InChI=1S/C18H20FNO3/c1-3-23-18(21)11-17(20)13-7-8-16(19)15(10-13)12-5-4-6-14(9-12)22-2/h4-10,17H,3,11,20H2,1-2H3/t17-/m0/s1. The quantitative estimate of drug-likeness (QED) is 0.829. The number of carbonyl (C=O) groups excluding carboxylic acids is 1. The van der Waals surface area contributed by atoms with Crippen molar-refractivity contribution in [3.8, 4) is 16.9 Å². The van der Waals surface area contributed by atoms with Gasteiger partial charge in [0.1, 0.15) is 11.6 Å². The molecule has 0 heterocycles. The molecule has 0 bridgehead atoms. The molecule has 0 aliphatic rings. The number of hydrogen-bond donors (Lipinski definition) is 1. The van der Waals surface area contributed by atoms with Gasteiger partial charge in [-0.3, -0.25) is 4.79 Å². The van der Waals surface area contributed by atoms with E-state index in [-0.39, 0.29) is 18.2 Å². The normalized spacial score (nSPS) is 11.8. The lowest BCUT2D eigenvalue weighted by molar-refractivity contribution is -0.143. The van der Waals surface area contributed by atoms with E-state index in [1.807, 2.05) is 0 Å². The van der Waals surface area contributed by atoms with Crippen molar-refractivity contribution in [1.82, 2.24) is 0 Å². The zero-order valence-electron chi connectivity index (χ0n) is 13.2. The molecule has 2 aromatic carbocycles. The van der Waals surface area contributed by atoms with E-state index in [0.29, 0.717) is 29.0 Å². The number of carbonyl (C=O) groups is 1. The van der Waals surface area contributed by atoms with Crippen molar-refractivity contribution in [1.29, 1.82) is 0 Å². The van der Waals surface area contributed by atoms with Gasteiger partial charge in [-0.2, -0.15) is 0 Å². The Morgan fingerprint density at radius 1 is 1.26 bits per heavy atom. The fourth-order valence-electron chi connectivity index (χ4n) is 2.30. The number of rotatable bonds is 6. The average molecular weight is 317 g/mol. The van der Waals surface area contributed by atoms with Crippen LogP contribution in [0.25, 0.3) is 11.1 Å². The number of methoxy groups -OCH3 is 1. The minimum Gasteiger partial charge on any atom is -0.497 e. The zero-order chi connectivity index (χ0) is 16.8. The number of benzene rings is 2. The van der Waals surface area contributed by atoms with E-state index in [9.17, 15) is 9.18 Å². The maximum absolute atomic E-state index is 14.2. The predicted octanol–water partition coefficient (Wildman–Crippen LogP) is 3.45. The Morgan fingerprint density at radius 2 is 2.04 bits per heavy atom. The third-order valence-corrected chi connectivity index (χ3v) is 3.49. The van der Waals surface area contributed by atoms with Crippen molar-refractivity contribution in [2.45, 2.75) is 19.4 Å². The van der Waals surface area contributed by atoms with Crippen LogP contribution in [0, 0.1) is 5.82 Å². The molecule has 122 valence electrons. The minimum atomic E-state index is -0.543. The summed E-state index contributed by atoms with van der Waals surface area (Å²) in [6, 6.07) is 11.2. The number of nitrogens with two attached hydrogens (primary N) is 1. The zero-order valence-corrected chi connectivity index (χ0v) is 13.2. The van der Waals surface area contributed by atoms with Crippen molar-refractivity contribution in [2.75, 3.05) is 13.7 Å². The van der Waals surface area contributed by atoms with E-state index in [4.69, 9.17) is 15.2 Å². The summed E-state index contributed by atoms with van der Waals surface area (Å²) in [5.74, 6) is -0.0827. The fraction of sp³-hybridized carbons (Fsp3) is 0.278. The first-order valence-electron chi connectivity index (χ1n) is 7.40. The maximum Gasteiger partial charge on any atom is 0.307 e. The third-order valence-electron chi connectivity index (χ3n) is 3.49. The Balaban J connectivity index is 2.29. The topological polar surface area (TPSA) is 61.5 Å².